The van der Waals surface area contributed by atoms with Crippen molar-refractivity contribution in [2.75, 3.05) is 45.2 Å². The van der Waals surface area contributed by atoms with Gasteiger partial charge in [-0.2, -0.15) is 4.31 Å². The minimum atomic E-state index is -3.66. The van der Waals surface area contributed by atoms with Gasteiger partial charge in [-0.3, -0.25) is 4.79 Å². The molecule has 3 rings (SSSR count). The second-order valence-electron chi connectivity index (χ2n) is 7.27. The Kier molecular flexibility index (Phi) is 6.91. The summed E-state index contributed by atoms with van der Waals surface area (Å²) in [6.07, 6.45) is 1.65. The van der Waals surface area contributed by atoms with E-state index in [9.17, 15) is 13.2 Å². The third-order valence-electron chi connectivity index (χ3n) is 5.01. The molecule has 30 heavy (non-hydrogen) atoms. The number of anilines is 1. The molecular weight excluding hydrogens is 402 g/mol. The number of nitrogens with one attached hydrogen (secondary N) is 1. The fourth-order valence-corrected chi connectivity index (χ4v) is 4.85. The van der Waals surface area contributed by atoms with Crippen LogP contribution in [-0.4, -0.2) is 63.4 Å². The molecule has 0 radical (unpaired) electrons. The number of likely N-dealkylation sites (N-methyl/N-ethyl adjacent to an activating group) is 1. The molecule has 8 heteroatoms. The summed E-state index contributed by atoms with van der Waals surface area (Å²) in [5.41, 5.74) is 1.50. The Morgan fingerprint density at radius 1 is 1.13 bits per heavy atom. The second kappa shape index (κ2) is 9.42. The summed E-state index contributed by atoms with van der Waals surface area (Å²) < 4.78 is 33.2. The predicted octanol–water partition coefficient (Wildman–Crippen LogP) is 2.75. The van der Waals surface area contributed by atoms with Crippen LogP contribution in [0.3, 0.4) is 0 Å². The third-order valence-corrected chi connectivity index (χ3v) is 7.05. The number of benzene rings is 2. The molecule has 7 nitrogen and oxygen atoms in total. The Morgan fingerprint density at radius 2 is 1.80 bits per heavy atom. The standard InChI is InChI=1S/C22H27N3O4S/c1-4-15-29-20-9-7-19(8-10-20)23-22(26)18-6-5-17(2)21(16-18)30(27,28)25-13-11-24(3)12-14-25/h4-10,16H,1,11-15H2,2-3H3,(H,23,26). The number of sulfonamides is 1. The van der Waals surface area contributed by atoms with Crippen LogP contribution in [0, 0.1) is 6.92 Å². The number of nitrogens with zero attached hydrogens (tertiary/aromatic N) is 2. The van der Waals surface area contributed by atoms with Gasteiger partial charge in [-0.15, -0.1) is 0 Å². The van der Waals surface area contributed by atoms with Gasteiger partial charge in [0.1, 0.15) is 12.4 Å². The SMILES string of the molecule is C=CCOc1ccc(NC(=O)c2ccc(C)c(S(=O)(=O)N3CCN(C)CC3)c2)cc1. The van der Waals surface area contributed by atoms with Gasteiger partial charge in [0.2, 0.25) is 10.0 Å². The molecule has 1 aliphatic heterocycles. The molecule has 1 fully saturated rings. The predicted molar refractivity (Wildman–Crippen MR) is 118 cm³/mol. The minimum absolute atomic E-state index is 0.174. The molecular formula is C22H27N3O4S. The first kappa shape index (κ1) is 22.0. The van der Waals surface area contributed by atoms with Crippen LogP contribution in [0.1, 0.15) is 15.9 Å². The number of piperazine rings is 1. The van der Waals surface area contributed by atoms with Gasteiger partial charge in [-0.05, 0) is 55.9 Å². The lowest BCUT2D eigenvalue weighted by atomic mass is 10.1. The first-order chi connectivity index (χ1) is 14.3. The Hall–Kier alpha value is -2.68. The molecule has 1 aliphatic rings. The highest BCUT2D eigenvalue weighted by molar-refractivity contribution is 7.89. The summed E-state index contributed by atoms with van der Waals surface area (Å²) in [4.78, 5) is 15.0. The van der Waals surface area contributed by atoms with Crippen molar-refractivity contribution < 1.29 is 17.9 Å². The number of carbonyl (C=O) groups excluding carboxylic acids is 1. The van der Waals surface area contributed by atoms with E-state index < -0.39 is 10.0 Å². The summed E-state index contributed by atoms with van der Waals surface area (Å²) >= 11 is 0. The molecule has 0 atom stereocenters. The van der Waals surface area contributed by atoms with Crippen molar-refractivity contribution in [1.29, 1.82) is 0 Å². The van der Waals surface area contributed by atoms with Gasteiger partial charge in [0.15, 0.2) is 0 Å². The number of hydrogen-bond acceptors (Lipinski definition) is 5. The lowest BCUT2D eigenvalue weighted by Gasteiger charge is -2.32. The van der Waals surface area contributed by atoms with E-state index in [2.05, 4.69) is 16.8 Å². The fourth-order valence-electron chi connectivity index (χ4n) is 3.18. The van der Waals surface area contributed by atoms with Gasteiger partial charge < -0.3 is 15.0 Å². The number of rotatable bonds is 7. The van der Waals surface area contributed by atoms with E-state index in [4.69, 9.17) is 4.74 Å². The fraction of sp³-hybridized carbons (Fsp3) is 0.318. The number of carbonyl (C=O) groups is 1. The minimum Gasteiger partial charge on any atom is -0.490 e. The average Bonchev–Trinajstić information content (AvgIpc) is 2.73. The van der Waals surface area contributed by atoms with Crippen LogP contribution < -0.4 is 10.1 Å². The smallest absolute Gasteiger partial charge is 0.255 e. The van der Waals surface area contributed by atoms with Crippen molar-refractivity contribution in [3.8, 4) is 5.75 Å². The van der Waals surface area contributed by atoms with Crippen molar-refractivity contribution in [3.63, 3.8) is 0 Å². The molecule has 160 valence electrons. The molecule has 1 heterocycles. The van der Waals surface area contributed by atoms with E-state index in [1.807, 2.05) is 7.05 Å². The van der Waals surface area contributed by atoms with Crippen molar-refractivity contribution in [1.82, 2.24) is 9.21 Å². The van der Waals surface area contributed by atoms with E-state index in [-0.39, 0.29) is 10.8 Å². The zero-order valence-electron chi connectivity index (χ0n) is 17.3. The topological polar surface area (TPSA) is 78.9 Å². The number of aryl methyl sites for hydroxylation is 1. The van der Waals surface area contributed by atoms with Crippen LogP contribution >= 0.6 is 0 Å². The first-order valence-electron chi connectivity index (χ1n) is 9.75. The van der Waals surface area contributed by atoms with E-state index in [1.165, 1.54) is 10.4 Å². The quantitative estimate of drug-likeness (QED) is 0.685. The zero-order chi connectivity index (χ0) is 21.7. The highest BCUT2D eigenvalue weighted by Gasteiger charge is 2.29. The maximum absolute atomic E-state index is 13.1. The highest BCUT2D eigenvalue weighted by Crippen LogP contribution is 2.23. The molecule has 2 aromatic rings. The van der Waals surface area contributed by atoms with Crippen molar-refractivity contribution >= 4 is 21.6 Å². The third kappa shape index (κ3) is 5.08. The van der Waals surface area contributed by atoms with Crippen molar-refractivity contribution in [2.45, 2.75) is 11.8 Å². The number of hydrogen-bond donors (Lipinski definition) is 1. The molecule has 0 saturated carbocycles. The second-order valence-corrected chi connectivity index (χ2v) is 9.17. The van der Waals surface area contributed by atoms with Crippen LogP contribution in [0.25, 0.3) is 0 Å². The Bertz CT molecular complexity index is 1010. The Balaban J connectivity index is 1.77. The van der Waals surface area contributed by atoms with Gasteiger partial charge in [0.05, 0.1) is 4.90 Å². The van der Waals surface area contributed by atoms with Crippen molar-refractivity contribution in [2.24, 2.45) is 0 Å². The van der Waals surface area contributed by atoms with Crippen LogP contribution in [0.4, 0.5) is 5.69 Å². The first-order valence-corrected chi connectivity index (χ1v) is 11.2. The molecule has 1 N–H and O–H groups in total. The Morgan fingerprint density at radius 3 is 2.43 bits per heavy atom. The van der Waals surface area contributed by atoms with Gasteiger partial charge in [-0.1, -0.05) is 18.7 Å². The van der Waals surface area contributed by atoms with E-state index in [0.29, 0.717) is 55.3 Å². The summed E-state index contributed by atoms with van der Waals surface area (Å²) in [6, 6.07) is 11.7. The monoisotopic (exact) mass is 429 g/mol. The summed E-state index contributed by atoms with van der Waals surface area (Å²) in [5, 5.41) is 2.80. The van der Waals surface area contributed by atoms with Crippen LogP contribution in [0.15, 0.2) is 60.0 Å². The van der Waals surface area contributed by atoms with E-state index in [0.717, 1.165) is 0 Å². The van der Waals surface area contributed by atoms with Crippen molar-refractivity contribution in [3.05, 3.63) is 66.2 Å². The van der Waals surface area contributed by atoms with E-state index >= 15 is 0 Å². The maximum Gasteiger partial charge on any atom is 0.255 e. The van der Waals surface area contributed by atoms with Crippen LogP contribution in [0.2, 0.25) is 0 Å². The number of amides is 1. The van der Waals surface area contributed by atoms with Gasteiger partial charge >= 0.3 is 0 Å². The lowest BCUT2D eigenvalue weighted by Crippen LogP contribution is -2.47. The molecule has 0 bridgehead atoms. The van der Waals surface area contributed by atoms with Gasteiger partial charge in [0.25, 0.3) is 5.91 Å². The van der Waals surface area contributed by atoms with Gasteiger partial charge in [-0.25, -0.2) is 8.42 Å². The summed E-state index contributed by atoms with van der Waals surface area (Å²) in [5.74, 6) is 0.299. The molecule has 0 spiro atoms. The molecule has 1 amide bonds. The summed E-state index contributed by atoms with van der Waals surface area (Å²) in [7, 11) is -1.69. The average molecular weight is 430 g/mol. The normalized spacial score (nSPS) is 15.5. The molecule has 0 unspecified atom stereocenters. The zero-order valence-corrected chi connectivity index (χ0v) is 18.1. The molecule has 1 saturated heterocycles. The van der Waals surface area contributed by atoms with Gasteiger partial charge in [0, 0.05) is 37.4 Å². The number of ether oxygens (including phenoxy) is 1. The molecule has 2 aromatic carbocycles. The van der Waals surface area contributed by atoms with Crippen LogP contribution in [-0.2, 0) is 10.0 Å². The largest absolute Gasteiger partial charge is 0.490 e. The lowest BCUT2D eigenvalue weighted by molar-refractivity contribution is 0.102. The van der Waals surface area contributed by atoms with Crippen LogP contribution in [0.5, 0.6) is 5.75 Å². The summed E-state index contributed by atoms with van der Waals surface area (Å²) in [6.45, 7) is 7.99. The van der Waals surface area contributed by atoms with E-state index in [1.54, 1.807) is 49.4 Å². The highest BCUT2D eigenvalue weighted by atomic mass is 32.2. The molecule has 0 aromatic heterocycles. The molecule has 0 aliphatic carbocycles. The Labute approximate surface area is 178 Å². The maximum atomic E-state index is 13.1.